The van der Waals surface area contributed by atoms with Gasteiger partial charge in [-0.25, -0.2) is 9.59 Å². The Balaban J connectivity index is 2.00. The lowest BCUT2D eigenvalue weighted by molar-refractivity contribution is 0.0264. The van der Waals surface area contributed by atoms with Crippen LogP contribution < -0.4 is 0 Å². The molecular weight excluding hydrogens is 318 g/mol. The molecule has 0 saturated carbocycles. The zero-order valence-corrected chi connectivity index (χ0v) is 15.7. The monoisotopic (exact) mass is 345 g/mol. The first-order valence-corrected chi connectivity index (χ1v) is 8.56. The van der Waals surface area contributed by atoms with Crippen LogP contribution in [0.15, 0.2) is 35.9 Å². The van der Waals surface area contributed by atoms with Crippen LogP contribution in [0.1, 0.15) is 56.0 Å². The molecule has 0 spiro atoms. The van der Waals surface area contributed by atoms with Gasteiger partial charge in [-0.3, -0.25) is 0 Å². The number of hydrogen-bond donors (Lipinski definition) is 0. The number of benzene rings is 1. The van der Waals surface area contributed by atoms with Gasteiger partial charge in [0.15, 0.2) is 0 Å². The average Bonchev–Trinajstić information content (AvgIpc) is 2.59. The molecule has 0 aliphatic carbocycles. The molecule has 0 radical (unpaired) electrons. The molecule has 1 heterocycles. The van der Waals surface area contributed by atoms with Gasteiger partial charge in [-0.15, -0.1) is 0 Å². The minimum absolute atomic E-state index is 0.243. The van der Waals surface area contributed by atoms with Crippen molar-refractivity contribution in [1.29, 1.82) is 0 Å². The summed E-state index contributed by atoms with van der Waals surface area (Å²) in [6.45, 7) is 8.98. The van der Waals surface area contributed by atoms with Gasteiger partial charge in [0, 0.05) is 19.0 Å². The zero-order chi connectivity index (χ0) is 18.6. The van der Waals surface area contributed by atoms with Crippen molar-refractivity contribution in [3.8, 4) is 0 Å². The molecule has 1 aromatic rings. The van der Waals surface area contributed by atoms with E-state index in [4.69, 9.17) is 9.47 Å². The molecule has 1 atom stereocenters. The van der Waals surface area contributed by atoms with Crippen molar-refractivity contribution in [2.45, 2.75) is 45.6 Å². The normalized spacial score (nSPS) is 16.0. The Kier molecular flexibility index (Phi) is 5.88. The van der Waals surface area contributed by atoms with Gasteiger partial charge in [0.05, 0.1) is 12.7 Å². The molecule has 0 saturated heterocycles. The van der Waals surface area contributed by atoms with Crippen molar-refractivity contribution >= 4 is 12.1 Å². The predicted octanol–water partition coefficient (Wildman–Crippen LogP) is 4.14. The molecule has 1 unspecified atom stereocenters. The molecule has 2 rings (SSSR count). The van der Waals surface area contributed by atoms with Crippen LogP contribution in [-0.4, -0.2) is 42.8 Å². The maximum absolute atomic E-state index is 12.1. The summed E-state index contributed by atoms with van der Waals surface area (Å²) >= 11 is 0. The lowest BCUT2D eigenvalue weighted by Crippen LogP contribution is -2.39. The van der Waals surface area contributed by atoms with E-state index in [0.717, 1.165) is 12.0 Å². The Bertz CT molecular complexity index is 655. The fourth-order valence-electron chi connectivity index (χ4n) is 2.81. The molecule has 0 aromatic heterocycles. The summed E-state index contributed by atoms with van der Waals surface area (Å²) in [6, 6.07) is 7.48. The van der Waals surface area contributed by atoms with E-state index in [0.29, 0.717) is 18.7 Å². The second kappa shape index (κ2) is 7.72. The molecule has 136 valence electrons. The van der Waals surface area contributed by atoms with Crippen LogP contribution in [0.5, 0.6) is 0 Å². The first-order valence-electron chi connectivity index (χ1n) is 8.56. The Hall–Kier alpha value is -2.30. The number of ether oxygens (including phenoxy) is 2. The molecule has 5 heteroatoms. The SMILES string of the molecule is COC(=O)c1ccc(C(C)C2=CCN(C(=O)OC(C)(C)C)CC2)cc1. The van der Waals surface area contributed by atoms with Gasteiger partial charge in [-0.1, -0.05) is 30.7 Å². The first-order chi connectivity index (χ1) is 11.7. The minimum atomic E-state index is -0.476. The van der Waals surface area contributed by atoms with Crippen LogP contribution >= 0.6 is 0 Å². The molecule has 0 bridgehead atoms. The molecule has 1 aliphatic rings. The van der Waals surface area contributed by atoms with Gasteiger partial charge in [-0.05, 0) is 44.9 Å². The maximum Gasteiger partial charge on any atom is 0.410 e. The predicted molar refractivity (Wildman–Crippen MR) is 96.7 cm³/mol. The van der Waals surface area contributed by atoms with Crippen molar-refractivity contribution in [2.24, 2.45) is 0 Å². The Morgan fingerprint density at radius 2 is 1.80 bits per heavy atom. The highest BCUT2D eigenvalue weighted by atomic mass is 16.6. The van der Waals surface area contributed by atoms with E-state index in [1.165, 1.54) is 12.7 Å². The van der Waals surface area contributed by atoms with E-state index >= 15 is 0 Å². The van der Waals surface area contributed by atoms with Crippen LogP contribution in [0.4, 0.5) is 4.79 Å². The number of amides is 1. The van der Waals surface area contributed by atoms with Crippen LogP contribution in [0.2, 0.25) is 0 Å². The lowest BCUT2D eigenvalue weighted by Gasteiger charge is -2.31. The number of methoxy groups -OCH3 is 1. The number of hydrogen-bond acceptors (Lipinski definition) is 4. The fraction of sp³-hybridized carbons (Fsp3) is 0.500. The van der Waals surface area contributed by atoms with E-state index in [1.807, 2.05) is 32.9 Å². The Morgan fingerprint density at radius 3 is 2.28 bits per heavy atom. The highest BCUT2D eigenvalue weighted by Gasteiger charge is 2.25. The maximum atomic E-state index is 12.1. The van der Waals surface area contributed by atoms with Crippen LogP contribution in [0.3, 0.4) is 0 Å². The van der Waals surface area contributed by atoms with Gasteiger partial charge < -0.3 is 14.4 Å². The summed E-state index contributed by atoms with van der Waals surface area (Å²) in [7, 11) is 1.38. The summed E-state index contributed by atoms with van der Waals surface area (Å²) in [6.07, 6.45) is 2.66. The largest absolute Gasteiger partial charge is 0.465 e. The van der Waals surface area contributed by atoms with Gasteiger partial charge in [-0.2, -0.15) is 0 Å². The molecule has 1 aliphatic heterocycles. The molecule has 0 N–H and O–H groups in total. The number of esters is 1. The average molecular weight is 345 g/mol. The summed E-state index contributed by atoms with van der Waals surface area (Å²) < 4.78 is 10.1. The summed E-state index contributed by atoms with van der Waals surface area (Å²) in [5.41, 5.74) is 2.51. The number of rotatable bonds is 3. The smallest absolute Gasteiger partial charge is 0.410 e. The number of nitrogens with zero attached hydrogens (tertiary/aromatic N) is 1. The van der Waals surface area contributed by atoms with E-state index in [1.54, 1.807) is 17.0 Å². The fourth-order valence-corrected chi connectivity index (χ4v) is 2.81. The molecule has 1 aromatic carbocycles. The third-order valence-corrected chi connectivity index (χ3v) is 4.28. The third kappa shape index (κ3) is 5.08. The van der Waals surface area contributed by atoms with Gasteiger partial charge >= 0.3 is 12.1 Å². The van der Waals surface area contributed by atoms with Crippen molar-refractivity contribution in [3.63, 3.8) is 0 Å². The van der Waals surface area contributed by atoms with Crippen LogP contribution in [0.25, 0.3) is 0 Å². The Labute approximate surface area is 149 Å². The summed E-state index contributed by atoms with van der Waals surface area (Å²) in [4.78, 5) is 25.4. The van der Waals surface area contributed by atoms with Gasteiger partial charge in [0.25, 0.3) is 0 Å². The van der Waals surface area contributed by atoms with E-state index < -0.39 is 5.60 Å². The van der Waals surface area contributed by atoms with Crippen molar-refractivity contribution in [2.75, 3.05) is 20.2 Å². The summed E-state index contributed by atoms with van der Waals surface area (Å²) in [5, 5.41) is 0. The third-order valence-electron chi connectivity index (χ3n) is 4.28. The van der Waals surface area contributed by atoms with Crippen molar-refractivity contribution < 1.29 is 19.1 Å². The molecular formula is C20H27NO4. The molecule has 5 nitrogen and oxygen atoms in total. The second-order valence-electron chi connectivity index (χ2n) is 7.29. The number of carbonyl (C=O) groups is 2. The zero-order valence-electron chi connectivity index (χ0n) is 15.7. The molecule has 0 fully saturated rings. The first kappa shape index (κ1) is 19.0. The number of carbonyl (C=O) groups excluding carboxylic acids is 2. The highest BCUT2D eigenvalue weighted by molar-refractivity contribution is 5.89. The standard InChI is InChI=1S/C20H27NO4/c1-14(15-6-8-17(9-7-15)18(22)24-5)16-10-12-21(13-11-16)19(23)25-20(2,3)4/h6-10,14H,11-13H2,1-5H3. The van der Waals surface area contributed by atoms with Crippen LogP contribution in [0, 0.1) is 0 Å². The summed E-state index contributed by atoms with van der Waals surface area (Å²) in [5.74, 6) is -0.0865. The topological polar surface area (TPSA) is 55.8 Å². The second-order valence-corrected chi connectivity index (χ2v) is 7.29. The van der Waals surface area contributed by atoms with Crippen molar-refractivity contribution in [1.82, 2.24) is 4.90 Å². The van der Waals surface area contributed by atoms with Gasteiger partial charge in [0.2, 0.25) is 0 Å². The minimum Gasteiger partial charge on any atom is -0.465 e. The van der Waals surface area contributed by atoms with E-state index in [9.17, 15) is 9.59 Å². The van der Waals surface area contributed by atoms with E-state index in [2.05, 4.69) is 13.0 Å². The molecule has 1 amide bonds. The Morgan fingerprint density at radius 1 is 1.16 bits per heavy atom. The van der Waals surface area contributed by atoms with E-state index in [-0.39, 0.29) is 18.0 Å². The molecule has 25 heavy (non-hydrogen) atoms. The van der Waals surface area contributed by atoms with Crippen LogP contribution in [-0.2, 0) is 9.47 Å². The van der Waals surface area contributed by atoms with Crippen molar-refractivity contribution in [3.05, 3.63) is 47.0 Å². The highest BCUT2D eigenvalue weighted by Crippen LogP contribution is 2.29. The quantitative estimate of drug-likeness (QED) is 0.610. The van der Waals surface area contributed by atoms with Gasteiger partial charge in [0.1, 0.15) is 5.60 Å². The lowest BCUT2D eigenvalue weighted by atomic mass is 9.88.